The highest BCUT2D eigenvalue weighted by molar-refractivity contribution is 7.93. The van der Waals surface area contributed by atoms with E-state index in [4.69, 9.17) is 4.74 Å². The Morgan fingerprint density at radius 2 is 1.60 bits per heavy atom. The molecule has 1 aliphatic carbocycles. The van der Waals surface area contributed by atoms with Crippen molar-refractivity contribution in [1.82, 2.24) is 0 Å². The Morgan fingerprint density at radius 1 is 0.920 bits per heavy atom. The van der Waals surface area contributed by atoms with Crippen LogP contribution < -0.4 is 9.04 Å². The monoisotopic (exact) mass is 357 g/mol. The summed E-state index contributed by atoms with van der Waals surface area (Å²) >= 11 is 0. The van der Waals surface area contributed by atoms with Gasteiger partial charge in [0.25, 0.3) is 10.0 Å². The summed E-state index contributed by atoms with van der Waals surface area (Å²) in [6.45, 7) is 0.513. The lowest BCUT2D eigenvalue weighted by atomic mass is 9.92. The predicted molar refractivity (Wildman–Crippen MR) is 98.9 cm³/mol. The van der Waals surface area contributed by atoms with Crippen molar-refractivity contribution in [3.05, 3.63) is 53.1 Å². The van der Waals surface area contributed by atoms with Crippen molar-refractivity contribution in [2.75, 3.05) is 18.0 Å². The molecule has 0 N–H and O–H groups in total. The molecule has 4 nitrogen and oxygen atoms in total. The van der Waals surface area contributed by atoms with Crippen LogP contribution in [0.2, 0.25) is 0 Å². The second-order valence-electron chi connectivity index (χ2n) is 6.79. The second kappa shape index (κ2) is 6.37. The van der Waals surface area contributed by atoms with Crippen LogP contribution in [0, 0.1) is 0 Å². The van der Waals surface area contributed by atoms with E-state index in [9.17, 15) is 8.42 Å². The van der Waals surface area contributed by atoms with E-state index in [2.05, 4.69) is 0 Å². The number of nitrogens with zero attached hydrogens (tertiary/aromatic N) is 1. The van der Waals surface area contributed by atoms with Gasteiger partial charge in [-0.2, -0.15) is 0 Å². The van der Waals surface area contributed by atoms with Gasteiger partial charge in [-0.3, -0.25) is 4.31 Å². The Kier molecular flexibility index (Phi) is 4.20. The number of hydrogen-bond acceptors (Lipinski definition) is 3. The largest absolute Gasteiger partial charge is 0.495 e. The predicted octanol–water partition coefficient (Wildman–Crippen LogP) is 3.72. The fourth-order valence-corrected chi connectivity index (χ4v) is 5.70. The number of ether oxygens (including phenoxy) is 1. The van der Waals surface area contributed by atoms with E-state index < -0.39 is 10.0 Å². The molecule has 2 aliphatic rings. The summed E-state index contributed by atoms with van der Waals surface area (Å²) in [6.07, 6.45) is 5.97. The van der Waals surface area contributed by atoms with Crippen LogP contribution in [0.15, 0.2) is 41.3 Å². The molecular weight excluding hydrogens is 334 g/mol. The average Bonchev–Trinajstić information content (AvgIpc) is 2.66. The smallest absolute Gasteiger partial charge is 0.268 e. The number of hydrogen-bond donors (Lipinski definition) is 0. The van der Waals surface area contributed by atoms with Gasteiger partial charge in [-0.15, -0.1) is 0 Å². The third-order valence-electron chi connectivity index (χ3n) is 5.26. The third kappa shape index (κ3) is 2.80. The summed E-state index contributed by atoms with van der Waals surface area (Å²) in [5.74, 6) is 0.462. The van der Waals surface area contributed by atoms with Crippen LogP contribution >= 0.6 is 0 Å². The van der Waals surface area contributed by atoms with Crippen LogP contribution in [-0.2, 0) is 29.3 Å². The van der Waals surface area contributed by atoms with Crippen LogP contribution in [0.25, 0.3) is 0 Å². The van der Waals surface area contributed by atoms with Crippen molar-refractivity contribution >= 4 is 15.7 Å². The quantitative estimate of drug-likeness (QED) is 0.841. The molecule has 0 saturated heterocycles. The van der Waals surface area contributed by atoms with Crippen molar-refractivity contribution in [3.8, 4) is 5.75 Å². The Labute approximate surface area is 149 Å². The number of para-hydroxylation sites is 1. The molecule has 2 aromatic rings. The molecule has 0 atom stereocenters. The SMILES string of the molecule is COc1cc2c(cc1S(=O)(=O)N1CCCc3ccccc31)CCCC2. The number of rotatable bonds is 3. The average molecular weight is 357 g/mol. The van der Waals surface area contributed by atoms with E-state index >= 15 is 0 Å². The van der Waals surface area contributed by atoms with Crippen LogP contribution in [0.1, 0.15) is 36.0 Å². The van der Waals surface area contributed by atoms with Gasteiger partial charge in [-0.25, -0.2) is 8.42 Å². The van der Waals surface area contributed by atoms with E-state index in [0.29, 0.717) is 17.2 Å². The normalized spacial score (nSPS) is 16.9. The highest BCUT2D eigenvalue weighted by Crippen LogP contribution is 2.37. The van der Waals surface area contributed by atoms with Crippen LogP contribution in [0.4, 0.5) is 5.69 Å². The molecule has 132 valence electrons. The molecule has 0 radical (unpaired) electrons. The fraction of sp³-hybridized carbons (Fsp3) is 0.400. The van der Waals surface area contributed by atoms with Crippen molar-refractivity contribution in [1.29, 1.82) is 0 Å². The summed E-state index contributed by atoms with van der Waals surface area (Å²) in [7, 11) is -2.09. The van der Waals surface area contributed by atoms with E-state index in [-0.39, 0.29) is 0 Å². The topological polar surface area (TPSA) is 46.6 Å². The molecule has 0 aromatic heterocycles. The molecule has 0 bridgehead atoms. The maximum absolute atomic E-state index is 13.5. The maximum atomic E-state index is 13.5. The number of anilines is 1. The first-order chi connectivity index (χ1) is 12.1. The highest BCUT2D eigenvalue weighted by atomic mass is 32.2. The lowest BCUT2D eigenvalue weighted by molar-refractivity contribution is 0.401. The lowest BCUT2D eigenvalue weighted by Gasteiger charge is -2.31. The molecule has 0 fully saturated rings. The lowest BCUT2D eigenvalue weighted by Crippen LogP contribution is -2.35. The Hall–Kier alpha value is -2.01. The summed E-state index contributed by atoms with van der Waals surface area (Å²) in [5.41, 5.74) is 4.26. The molecule has 1 aliphatic heterocycles. The van der Waals surface area contributed by atoms with Gasteiger partial charge in [0.1, 0.15) is 10.6 Å². The third-order valence-corrected chi connectivity index (χ3v) is 7.10. The molecule has 4 rings (SSSR count). The summed E-state index contributed by atoms with van der Waals surface area (Å²) in [6, 6.07) is 11.6. The van der Waals surface area contributed by atoms with Gasteiger partial charge >= 0.3 is 0 Å². The van der Waals surface area contributed by atoms with Crippen molar-refractivity contribution in [2.24, 2.45) is 0 Å². The van der Waals surface area contributed by atoms with Gasteiger partial charge in [-0.1, -0.05) is 18.2 Å². The first-order valence-electron chi connectivity index (χ1n) is 8.91. The molecule has 25 heavy (non-hydrogen) atoms. The zero-order valence-corrected chi connectivity index (χ0v) is 15.3. The van der Waals surface area contributed by atoms with Crippen molar-refractivity contribution in [3.63, 3.8) is 0 Å². The number of methoxy groups -OCH3 is 1. The highest BCUT2D eigenvalue weighted by Gasteiger charge is 2.32. The molecule has 0 spiro atoms. The number of benzene rings is 2. The minimum Gasteiger partial charge on any atom is -0.495 e. The minimum absolute atomic E-state index is 0.298. The van der Waals surface area contributed by atoms with E-state index in [1.54, 1.807) is 11.4 Å². The van der Waals surface area contributed by atoms with Gasteiger partial charge in [0, 0.05) is 6.54 Å². The number of sulfonamides is 1. The standard InChI is InChI=1S/C20H23NO3S/c1-24-19-13-16-8-2-3-9-17(16)14-20(19)25(22,23)21-12-6-10-15-7-4-5-11-18(15)21/h4-5,7,11,13-14H,2-3,6,8-10,12H2,1H3. The Bertz CT molecular complexity index is 905. The molecular formula is C20H23NO3S. The molecule has 1 heterocycles. The first kappa shape index (κ1) is 16.5. The van der Waals surface area contributed by atoms with E-state index in [1.807, 2.05) is 36.4 Å². The van der Waals surface area contributed by atoms with Crippen LogP contribution in [-0.4, -0.2) is 22.1 Å². The first-order valence-corrected chi connectivity index (χ1v) is 10.4. The van der Waals surface area contributed by atoms with Gasteiger partial charge in [0.15, 0.2) is 0 Å². The van der Waals surface area contributed by atoms with Crippen LogP contribution in [0.5, 0.6) is 5.75 Å². The van der Waals surface area contributed by atoms with E-state index in [1.165, 1.54) is 5.56 Å². The van der Waals surface area contributed by atoms with Crippen molar-refractivity contribution < 1.29 is 13.2 Å². The number of aryl methyl sites for hydroxylation is 3. The van der Waals surface area contributed by atoms with Gasteiger partial charge in [0.05, 0.1) is 12.8 Å². The summed E-state index contributed by atoms with van der Waals surface area (Å²) in [4.78, 5) is 0.298. The zero-order chi connectivity index (χ0) is 17.4. The maximum Gasteiger partial charge on any atom is 0.268 e. The molecule has 0 saturated carbocycles. The van der Waals surface area contributed by atoms with Gasteiger partial charge < -0.3 is 4.74 Å². The Morgan fingerprint density at radius 3 is 2.36 bits per heavy atom. The molecule has 0 amide bonds. The fourth-order valence-electron chi connectivity index (χ4n) is 3.97. The number of fused-ring (bicyclic) bond motifs is 2. The van der Waals surface area contributed by atoms with Gasteiger partial charge in [0.2, 0.25) is 0 Å². The minimum atomic E-state index is -3.64. The second-order valence-corrected chi connectivity index (χ2v) is 8.62. The zero-order valence-electron chi connectivity index (χ0n) is 14.5. The van der Waals surface area contributed by atoms with E-state index in [0.717, 1.165) is 55.3 Å². The molecule has 5 heteroatoms. The Balaban J connectivity index is 1.84. The van der Waals surface area contributed by atoms with Crippen molar-refractivity contribution in [2.45, 2.75) is 43.4 Å². The van der Waals surface area contributed by atoms with Crippen LogP contribution in [0.3, 0.4) is 0 Å². The summed E-state index contributed by atoms with van der Waals surface area (Å²) in [5, 5.41) is 0. The van der Waals surface area contributed by atoms with Gasteiger partial charge in [-0.05, 0) is 73.4 Å². The molecule has 0 unspecified atom stereocenters. The molecule has 2 aromatic carbocycles. The summed E-state index contributed by atoms with van der Waals surface area (Å²) < 4.78 is 33.9.